The van der Waals surface area contributed by atoms with E-state index in [1.807, 2.05) is 0 Å². The summed E-state index contributed by atoms with van der Waals surface area (Å²) in [5, 5.41) is 7.55. The fourth-order valence-corrected chi connectivity index (χ4v) is 3.81. The van der Waals surface area contributed by atoms with Crippen LogP contribution in [0.4, 0.5) is 5.69 Å². The molecule has 1 atom stereocenters. The van der Waals surface area contributed by atoms with E-state index in [1.54, 1.807) is 24.3 Å². The number of para-hydroxylation sites is 2. The number of carbonyl (C=O) groups is 2. The number of nitrogens with one attached hydrogen (secondary N) is 1. The molecule has 0 fully saturated rings. The largest absolute Gasteiger partial charge is 0.477 e. The van der Waals surface area contributed by atoms with Gasteiger partial charge in [-0.1, -0.05) is 23.7 Å². The first-order chi connectivity index (χ1) is 12.7. The summed E-state index contributed by atoms with van der Waals surface area (Å²) in [4.78, 5) is 26.1. The molecule has 0 saturated heterocycles. The van der Waals surface area contributed by atoms with Crippen LogP contribution in [0.2, 0.25) is 5.02 Å². The number of likely N-dealkylation sites (N-methyl/N-ethyl adjacent to an activating group) is 1. The second-order valence-corrected chi connectivity index (χ2v) is 7.73. The summed E-state index contributed by atoms with van der Waals surface area (Å²) < 4.78 is 29.0. The lowest BCUT2D eigenvalue weighted by Crippen LogP contribution is -2.50. The SMILES string of the molecule is CNC(=O)[C@@H]1CN(C(=O)c2ccc(Cl)c(S(N)(=O)=O)c2)c2ccccc2O1. The molecule has 27 heavy (non-hydrogen) atoms. The Balaban J connectivity index is 2.04. The molecule has 0 aromatic heterocycles. The molecule has 0 bridgehead atoms. The smallest absolute Gasteiger partial charge is 0.262 e. The Kier molecular flexibility index (Phi) is 5.09. The summed E-state index contributed by atoms with van der Waals surface area (Å²) in [6, 6.07) is 10.6. The molecule has 0 saturated carbocycles. The molecule has 0 spiro atoms. The molecule has 2 aromatic carbocycles. The molecule has 0 aliphatic carbocycles. The van der Waals surface area contributed by atoms with Gasteiger partial charge in [0.25, 0.3) is 11.8 Å². The minimum absolute atomic E-state index is 0.0388. The van der Waals surface area contributed by atoms with E-state index < -0.39 is 22.0 Å². The van der Waals surface area contributed by atoms with Crippen LogP contribution < -0.4 is 20.1 Å². The topological polar surface area (TPSA) is 119 Å². The molecule has 2 aromatic rings. The Morgan fingerprint density at radius 3 is 2.63 bits per heavy atom. The van der Waals surface area contributed by atoms with Crippen LogP contribution in [0.3, 0.4) is 0 Å². The first-order valence-corrected chi connectivity index (χ1v) is 9.76. The third-order valence-electron chi connectivity index (χ3n) is 4.04. The van der Waals surface area contributed by atoms with Gasteiger partial charge in [-0.2, -0.15) is 0 Å². The lowest BCUT2D eigenvalue weighted by atomic mass is 10.1. The number of fused-ring (bicyclic) bond motifs is 1. The number of anilines is 1. The highest BCUT2D eigenvalue weighted by atomic mass is 35.5. The summed E-state index contributed by atoms with van der Waals surface area (Å²) >= 11 is 5.88. The van der Waals surface area contributed by atoms with Gasteiger partial charge in [-0.25, -0.2) is 13.6 Å². The average Bonchev–Trinajstić information content (AvgIpc) is 2.65. The number of ether oxygens (including phenoxy) is 1. The fourth-order valence-electron chi connectivity index (χ4n) is 2.73. The fraction of sp³-hybridized carbons (Fsp3) is 0.176. The number of benzene rings is 2. The molecule has 3 N–H and O–H groups in total. The number of rotatable bonds is 3. The molecule has 2 amide bonds. The van der Waals surface area contributed by atoms with Crippen molar-refractivity contribution < 1.29 is 22.7 Å². The van der Waals surface area contributed by atoms with Crippen molar-refractivity contribution in [3.63, 3.8) is 0 Å². The zero-order valence-corrected chi connectivity index (χ0v) is 15.8. The lowest BCUT2D eigenvalue weighted by Gasteiger charge is -2.34. The number of sulfonamides is 1. The normalized spacial score (nSPS) is 16.3. The summed E-state index contributed by atoms with van der Waals surface area (Å²) in [7, 11) is -2.63. The minimum atomic E-state index is -4.10. The van der Waals surface area contributed by atoms with E-state index in [1.165, 1.54) is 24.1 Å². The molecule has 3 rings (SSSR count). The van der Waals surface area contributed by atoms with E-state index in [-0.39, 0.29) is 27.9 Å². The highest BCUT2D eigenvalue weighted by Gasteiger charge is 2.34. The number of amides is 2. The van der Waals surface area contributed by atoms with Gasteiger partial charge in [-0.3, -0.25) is 9.59 Å². The van der Waals surface area contributed by atoms with Crippen LogP contribution in [0.1, 0.15) is 10.4 Å². The maximum Gasteiger partial charge on any atom is 0.262 e. The summed E-state index contributed by atoms with van der Waals surface area (Å²) in [6.07, 6.45) is -0.904. The molecule has 8 nitrogen and oxygen atoms in total. The number of primary sulfonamides is 1. The number of nitrogens with two attached hydrogens (primary N) is 1. The zero-order valence-electron chi connectivity index (χ0n) is 14.2. The Labute approximate surface area is 160 Å². The van der Waals surface area contributed by atoms with Crippen molar-refractivity contribution in [2.45, 2.75) is 11.0 Å². The van der Waals surface area contributed by atoms with Crippen LogP contribution in [-0.4, -0.2) is 39.9 Å². The predicted octanol–water partition coefficient (Wildman–Crippen LogP) is 1.14. The van der Waals surface area contributed by atoms with Gasteiger partial charge >= 0.3 is 0 Å². The zero-order chi connectivity index (χ0) is 19.8. The summed E-state index contributed by atoms with van der Waals surface area (Å²) in [5.74, 6) is -0.531. The van der Waals surface area contributed by atoms with E-state index in [2.05, 4.69) is 5.32 Å². The van der Waals surface area contributed by atoms with E-state index in [9.17, 15) is 18.0 Å². The molecule has 0 radical (unpaired) electrons. The van der Waals surface area contributed by atoms with Crippen LogP contribution in [0.5, 0.6) is 5.75 Å². The van der Waals surface area contributed by atoms with Crippen molar-refractivity contribution in [2.24, 2.45) is 5.14 Å². The van der Waals surface area contributed by atoms with Crippen LogP contribution >= 0.6 is 11.6 Å². The van der Waals surface area contributed by atoms with Crippen LogP contribution in [0.25, 0.3) is 0 Å². The van der Waals surface area contributed by atoms with E-state index >= 15 is 0 Å². The highest BCUT2D eigenvalue weighted by molar-refractivity contribution is 7.89. The number of halogens is 1. The van der Waals surface area contributed by atoms with Crippen LogP contribution in [0.15, 0.2) is 47.4 Å². The van der Waals surface area contributed by atoms with E-state index in [4.69, 9.17) is 21.5 Å². The quantitative estimate of drug-likeness (QED) is 0.787. The van der Waals surface area contributed by atoms with Crippen molar-refractivity contribution >= 4 is 39.1 Å². The molecule has 1 heterocycles. The standard InChI is InChI=1S/C17H16ClN3O5S/c1-20-16(22)14-9-21(12-4-2-3-5-13(12)26-14)17(23)10-6-7-11(18)15(8-10)27(19,24)25/h2-8,14H,9H2,1H3,(H,20,22)(H2,19,24,25)/t14-/m0/s1. The lowest BCUT2D eigenvalue weighted by molar-refractivity contribution is -0.127. The number of carbonyl (C=O) groups excluding carboxylic acids is 2. The van der Waals surface area contributed by atoms with Crippen molar-refractivity contribution in [1.82, 2.24) is 5.32 Å². The average molecular weight is 410 g/mol. The summed E-state index contributed by atoms with van der Waals surface area (Å²) in [5.41, 5.74) is 0.533. The Bertz CT molecular complexity index is 1020. The first kappa shape index (κ1) is 19.2. The van der Waals surface area contributed by atoms with Gasteiger partial charge in [0.05, 0.1) is 17.3 Å². The second kappa shape index (κ2) is 7.18. The third kappa shape index (κ3) is 3.75. The predicted molar refractivity (Wildman–Crippen MR) is 99.4 cm³/mol. The molecular formula is C17H16ClN3O5S. The highest BCUT2D eigenvalue weighted by Crippen LogP contribution is 2.34. The maximum absolute atomic E-state index is 13.1. The van der Waals surface area contributed by atoms with Gasteiger partial charge in [0.1, 0.15) is 10.6 Å². The Morgan fingerprint density at radius 2 is 1.96 bits per heavy atom. The molecule has 0 unspecified atom stereocenters. The summed E-state index contributed by atoms with van der Waals surface area (Å²) in [6.45, 7) is -0.0388. The molecule has 142 valence electrons. The maximum atomic E-state index is 13.1. The monoisotopic (exact) mass is 409 g/mol. The molecule has 1 aliphatic heterocycles. The van der Waals surface area contributed by atoms with Gasteiger partial charge < -0.3 is 15.0 Å². The van der Waals surface area contributed by atoms with Gasteiger partial charge in [-0.05, 0) is 30.3 Å². The third-order valence-corrected chi connectivity index (χ3v) is 5.43. The number of hydrogen-bond donors (Lipinski definition) is 2. The van der Waals surface area contributed by atoms with Gasteiger partial charge in [0.15, 0.2) is 6.10 Å². The minimum Gasteiger partial charge on any atom is -0.477 e. The van der Waals surface area contributed by atoms with Crippen molar-refractivity contribution in [3.8, 4) is 5.75 Å². The molecular weight excluding hydrogens is 394 g/mol. The van der Waals surface area contributed by atoms with E-state index in [0.29, 0.717) is 11.4 Å². The van der Waals surface area contributed by atoms with Gasteiger partial charge in [0.2, 0.25) is 10.0 Å². The second-order valence-electron chi connectivity index (χ2n) is 5.79. The first-order valence-electron chi connectivity index (χ1n) is 7.84. The van der Waals surface area contributed by atoms with Crippen LogP contribution in [-0.2, 0) is 14.8 Å². The Morgan fingerprint density at radius 1 is 1.26 bits per heavy atom. The Hall–Kier alpha value is -2.62. The molecule has 1 aliphatic rings. The number of hydrogen-bond acceptors (Lipinski definition) is 5. The molecule has 10 heteroatoms. The van der Waals surface area contributed by atoms with E-state index in [0.717, 1.165) is 6.07 Å². The van der Waals surface area contributed by atoms with Crippen molar-refractivity contribution in [2.75, 3.05) is 18.5 Å². The van der Waals surface area contributed by atoms with Crippen LogP contribution in [0, 0.1) is 0 Å². The number of nitrogens with zero attached hydrogens (tertiary/aromatic N) is 1. The van der Waals surface area contributed by atoms with Crippen molar-refractivity contribution in [1.29, 1.82) is 0 Å². The van der Waals surface area contributed by atoms with Gasteiger partial charge in [-0.15, -0.1) is 0 Å². The van der Waals surface area contributed by atoms with Crippen molar-refractivity contribution in [3.05, 3.63) is 53.1 Å². The van der Waals surface area contributed by atoms with Gasteiger partial charge in [0, 0.05) is 12.6 Å².